The van der Waals surface area contributed by atoms with E-state index >= 15 is 0 Å². The molecule has 0 saturated carbocycles. The minimum atomic E-state index is 0.0809. The van der Waals surface area contributed by atoms with Gasteiger partial charge in [-0.3, -0.25) is 4.98 Å². The molecule has 0 fully saturated rings. The van der Waals surface area contributed by atoms with Crippen LogP contribution in [0, 0.1) is 0 Å². The van der Waals surface area contributed by atoms with Crippen LogP contribution in [-0.2, 0) is 18.3 Å². The summed E-state index contributed by atoms with van der Waals surface area (Å²) in [5.41, 5.74) is 7.50. The Morgan fingerprint density at radius 3 is 2.57 bits per heavy atom. The lowest BCUT2D eigenvalue weighted by Gasteiger charge is -2.23. The molecule has 116 valence electrons. The molecule has 0 amide bonds. The maximum atomic E-state index is 5.03. The Morgan fingerprint density at radius 1 is 0.957 bits per heavy atom. The molecule has 2 heterocycles. The molecule has 23 heavy (non-hydrogen) atoms. The molecule has 0 saturated heterocycles. The number of aryl methyl sites for hydroxylation is 2. The molecule has 0 aliphatic heterocycles. The topological polar surface area (TPSA) is 25.8 Å². The van der Waals surface area contributed by atoms with Gasteiger partial charge in [0, 0.05) is 11.6 Å². The fourth-order valence-corrected chi connectivity index (χ4v) is 3.63. The predicted molar refractivity (Wildman–Crippen MR) is 95.7 cm³/mol. The smallest absolute Gasteiger partial charge is 0.0896 e. The molecule has 1 aliphatic carbocycles. The van der Waals surface area contributed by atoms with E-state index in [9.17, 15) is 0 Å². The van der Waals surface area contributed by atoms with Gasteiger partial charge in [0.1, 0.15) is 0 Å². The molecule has 1 aliphatic rings. The highest BCUT2D eigenvalue weighted by atomic mass is 14.8. The molecule has 0 bridgehead atoms. The Balaban J connectivity index is 2.07. The first-order valence-electron chi connectivity index (χ1n) is 8.41. The van der Waals surface area contributed by atoms with E-state index in [1.54, 1.807) is 0 Å². The van der Waals surface area contributed by atoms with Crippen molar-refractivity contribution in [1.29, 1.82) is 0 Å². The summed E-state index contributed by atoms with van der Waals surface area (Å²) in [5, 5.41) is 1.30. The van der Waals surface area contributed by atoms with Crippen LogP contribution in [0.4, 0.5) is 0 Å². The first-order valence-corrected chi connectivity index (χ1v) is 8.41. The lowest BCUT2D eigenvalue weighted by molar-refractivity contribution is 0.595. The summed E-state index contributed by atoms with van der Waals surface area (Å²) in [6.07, 6.45) is 5.42. The summed E-state index contributed by atoms with van der Waals surface area (Å²) in [7, 11) is 0. The fraction of sp³-hybridized carbons (Fsp3) is 0.333. The quantitative estimate of drug-likeness (QED) is 0.626. The highest BCUT2D eigenvalue weighted by molar-refractivity contribution is 5.89. The molecule has 3 aromatic rings. The van der Waals surface area contributed by atoms with Crippen molar-refractivity contribution < 1.29 is 0 Å². The second-order valence-electron chi connectivity index (χ2n) is 7.47. The Kier molecular flexibility index (Phi) is 3.22. The van der Waals surface area contributed by atoms with Crippen LogP contribution in [0.25, 0.3) is 22.3 Å². The van der Waals surface area contributed by atoms with Gasteiger partial charge >= 0.3 is 0 Å². The molecule has 4 rings (SSSR count). The first-order chi connectivity index (χ1) is 11.0. The number of hydrogen-bond acceptors (Lipinski definition) is 2. The van der Waals surface area contributed by atoms with Gasteiger partial charge in [-0.05, 0) is 59.6 Å². The van der Waals surface area contributed by atoms with Crippen LogP contribution in [0.3, 0.4) is 0 Å². The van der Waals surface area contributed by atoms with E-state index in [4.69, 9.17) is 4.98 Å². The number of nitrogens with zero attached hydrogens (tertiary/aromatic N) is 2. The first kappa shape index (κ1) is 14.4. The lowest BCUT2D eigenvalue weighted by Crippen LogP contribution is -2.13. The van der Waals surface area contributed by atoms with Crippen molar-refractivity contribution in [2.45, 2.75) is 45.4 Å². The third-order valence-electron chi connectivity index (χ3n) is 4.79. The largest absolute Gasteiger partial charge is 0.255 e. The molecule has 0 unspecified atom stereocenters. The number of benzene rings is 1. The van der Waals surface area contributed by atoms with Crippen molar-refractivity contribution in [3.8, 4) is 11.4 Å². The van der Waals surface area contributed by atoms with E-state index in [0.717, 1.165) is 17.8 Å². The van der Waals surface area contributed by atoms with Gasteiger partial charge in [0.25, 0.3) is 0 Å². The third kappa shape index (κ3) is 2.42. The zero-order chi connectivity index (χ0) is 16.0. The molecule has 0 atom stereocenters. The maximum Gasteiger partial charge on any atom is 0.0896 e. The van der Waals surface area contributed by atoms with Crippen LogP contribution in [0.5, 0.6) is 0 Å². The molecule has 2 heteroatoms. The average Bonchev–Trinajstić information content (AvgIpc) is 3.02. The second-order valence-corrected chi connectivity index (χ2v) is 7.47. The van der Waals surface area contributed by atoms with E-state index < -0.39 is 0 Å². The summed E-state index contributed by atoms with van der Waals surface area (Å²) >= 11 is 0. The van der Waals surface area contributed by atoms with Crippen LogP contribution >= 0.6 is 0 Å². The Morgan fingerprint density at radius 2 is 1.83 bits per heavy atom. The van der Waals surface area contributed by atoms with Crippen LogP contribution < -0.4 is 0 Å². The molecule has 0 N–H and O–H groups in total. The van der Waals surface area contributed by atoms with Crippen LogP contribution in [-0.4, -0.2) is 9.97 Å². The van der Waals surface area contributed by atoms with Gasteiger partial charge in [-0.2, -0.15) is 0 Å². The standard InChI is InChI=1S/C21H22N2/c1-21(2,3)17-13-19(18-9-4-5-12-22-18)23-20-15-8-6-7-14(15)10-11-16(17)20/h4-5,9-13H,6-8H2,1-3H3. The molecule has 0 spiro atoms. The fourth-order valence-electron chi connectivity index (χ4n) is 3.63. The van der Waals surface area contributed by atoms with Crippen LogP contribution in [0.1, 0.15) is 43.9 Å². The average molecular weight is 302 g/mol. The van der Waals surface area contributed by atoms with Crippen molar-refractivity contribution in [3.63, 3.8) is 0 Å². The molecule has 1 aromatic carbocycles. The summed E-state index contributed by atoms with van der Waals surface area (Å²) in [6.45, 7) is 6.83. The Hall–Kier alpha value is -2.22. The highest BCUT2D eigenvalue weighted by Gasteiger charge is 2.23. The lowest BCUT2D eigenvalue weighted by atomic mass is 9.83. The van der Waals surface area contributed by atoms with Crippen molar-refractivity contribution >= 4 is 10.9 Å². The normalized spacial score (nSPS) is 14.2. The maximum absolute atomic E-state index is 5.03. The Labute approximate surface area is 137 Å². The zero-order valence-electron chi connectivity index (χ0n) is 14.1. The third-order valence-corrected chi connectivity index (χ3v) is 4.79. The number of aromatic nitrogens is 2. The van der Waals surface area contributed by atoms with Crippen molar-refractivity contribution in [3.05, 3.63) is 59.3 Å². The van der Waals surface area contributed by atoms with Crippen molar-refractivity contribution in [1.82, 2.24) is 9.97 Å². The summed E-state index contributed by atoms with van der Waals surface area (Å²) in [4.78, 5) is 9.54. The predicted octanol–water partition coefficient (Wildman–Crippen LogP) is 5.08. The number of hydrogen-bond donors (Lipinski definition) is 0. The number of pyridine rings is 2. The van der Waals surface area contributed by atoms with Gasteiger partial charge in [-0.25, -0.2) is 4.98 Å². The summed E-state index contributed by atoms with van der Waals surface area (Å²) in [5.74, 6) is 0. The van der Waals surface area contributed by atoms with Gasteiger partial charge in [0.2, 0.25) is 0 Å². The van der Waals surface area contributed by atoms with Crippen molar-refractivity contribution in [2.24, 2.45) is 0 Å². The van der Waals surface area contributed by atoms with E-state index in [1.807, 2.05) is 24.4 Å². The van der Waals surface area contributed by atoms with E-state index in [-0.39, 0.29) is 5.41 Å². The second kappa shape index (κ2) is 5.16. The summed E-state index contributed by atoms with van der Waals surface area (Å²) < 4.78 is 0. The minimum absolute atomic E-state index is 0.0809. The van der Waals surface area contributed by atoms with Gasteiger partial charge in [0.15, 0.2) is 0 Å². The van der Waals surface area contributed by atoms with Gasteiger partial charge in [-0.15, -0.1) is 0 Å². The monoisotopic (exact) mass is 302 g/mol. The molecule has 2 nitrogen and oxygen atoms in total. The van der Waals surface area contributed by atoms with Gasteiger partial charge in [0.05, 0.1) is 16.9 Å². The molecule has 0 radical (unpaired) electrons. The van der Waals surface area contributed by atoms with Crippen molar-refractivity contribution in [2.75, 3.05) is 0 Å². The van der Waals surface area contributed by atoms with Gasteiger partial charge < -0.3 is 0 Å². The molecular formula is C21H22N2. The van der Waals surface area contributed by atoms with Crippen LogP contribution in [0.2, 0.25) is 0 Å². The minimum Gasteiger partial charge on any atom is -0.255 e. The highest BCUT2D eigenvalue weighted by Crippen LogP contribution is 2.36. The van der Waals surface area contributed by atoms with Crippen LogP contribution in [0.15, 0.2) is 42.6 Å². The van der Waals surface area contributed by atoms with E-state index in [1.165, 1.54) is 40.4 Å². The number of rotatable bonds is 1. The zero-order valence-corrected chi connectivity index (χ0v) is 14.1. The number of fused-ring (bicyclic) bond motifs is 3. The SMILES string of the molecule is CC(C)(C)c1cc(-c2ccccn2)nc2c3c(ccc12)CCC3. The molecule has 2 aromatic heterocycles. The van der Waals surface area contributed by atoms with E-state index in [0.29, 0.717) is 0 Å². The molecular weight excluding hydrogens is 280 g/mol. The van der Waals surface area contributed by atoms with E-state index in [2.05, 4.69) is 44.0 Å². The summed E-state index contributed by atoms with van der Waals surface area (Å²) in [6, 6.07) is 12.8. The van der Waals surface area contributed by atoms with Gasteiger partial charge in [-0.1, -0.05) is 39.0 Å². The Bertz CT molecular complexity index is 874.